The molecule has 0 amide bonds. The molecule has 8 nitrogen and oxygen atoms in total. The van der Waals surface area contributed by atoms with Gasteiger partial charge < -0.3 is 24.4 Å². The normalized spacial score (nSPS) is 16.0. The van der Waals surface area contributed by atoms with Crippen molar-refractivity contribution >= 4 is 28.3 Å². The fourth-order valence-electron chi connectivity index (χ4n) is 4.49. The first-order chi connectivity index (χ1) is 16.1. The van der Waals surface area contributed by atoms with E-state index in [1.807, 2.05) is 36.4 Å². The summed E-state index contributed by atoms with van der Waals surface area (Å²) in [7, 11) is 5.94. The maximum Gasteiger partial charge on any atom is 0.227 e. The van der Waals surface area contributed by atoms with Gasteiger partial charge in [0.15, 0.2) is 5.58 Å². The van der Waals surface area contributed by atoms with Crippen LogP contribution in [0.25, 0.3) is 22.4 Å². The number of ether oxygens (including phenoxy) is 1. The monoisotopic (exact) mass is 444 g/mol. The molecule has 8 heteroatoms. The van der Waals surface area contributed by atoms with Crippen LogP contribution in [0.3, 0.4) is 0 Å². The number of hydrogen-bond donors (Lipinski definition) is 1. The predicted molar refractivity (Wildman–Crippen MR) is 130 cm³/mol. The fourth-order valence-corrected chi connectivity index (χ4v) is 4.49. The number of nitrogens with zero attached hydrogens (tertiary/aromatic N) is 5. The maximum atomic E-state index is 5.71. The van der Waals surface area contributed by atoms with Gasteiger partial charge in [-0.15, -0.1) is 0 Å². The molecule has 1 fully saturated rings. The van der Waals surface area contributed by atoms with Gasteiger partial charge in [-0.05, 0) is 57.3 Å². The summed E-state index contributed by atoms with van der Waals surface area (Å²) in [4.78, 5) is 13.8. The van der Waals surface area contributed by atoms with E-state index in [-0.39, 0.29) is 0 Å². The third kappa shape index (κ3) is 4.34. The van der Waals surface area contributed by atoms with Crippen molar-refractivity contribution in [2.75, 3.05) is 44.5 Å². The summed E-state index contributed by atoms with van der Waals surface area (Å²) in [5.74, 6) is 1.22. The Balaban J connectivity index is 1.40. The van der Waals surface area contributed by atoms with Gasteiger partial charge in [-0.2, -0.15) is 0 Å². The fraction of sp³-hybridized carbons (Fsp3) is 0.320. The number of rotatable bonds is 7. The summed E-state index contributed by atoms with van der Waals surface area (Å²) in [6.45, 7) is 2.10. The van der Waals surface area contributed by atoms with E-state index < -0.39 is 0 Å². The standard InChI is InChI=1S/C25H28N6O2/c1-30(2)16-18-7-6-14-31(18)17-10-11-20(23(15-17)32-3)27-25-26-13-12-21(28-25)24-19-8-4-5-9-22(19)33-29-24/h4-5,8-13,15,18H,6-7,14,16H2,1-3H3,(H,26,27,28). The van der Waals surface area contributed by atoms with E-state index >= 15 is 0 Å². The minimum absolute atomic E-state index is 0.470. The number of likely N-dealkylation sites (N-methyl/N-ethyl adjacent to an activating group) is 1. The van der Waals surface area contributed by atoms with Gasteiger partial charge in [0.05, 0.1) is 23.9 Å². The second-order valence-electron chi connectivity index (χ2n) is 8.55. The van der Waals surface area contributed by atoms with Gasteiger partial charge in [0.25, 0.3) is 0 Å². The second-order valence-corrected chi connectivity index (χ2v) is 8.55. The highest BCUT2D eigenvalue weighted by molar-refractivity contribution is 5.90. The van der Waals surface area contributed by atoms with Crippen molar-refractivity contribution < 1.29 is 9.26 Å². The van der Waals surface area contributed by atoms with Gasteiger partial charge >= 0.3 is 0 Å². The molecule has 1 atom stereocenters. The van der Waals surface area contributed by atoms with Gasteiger partial charge in [-0.3, -0.25) is 0 Å². The molecule has 2 aromatic carbocycles. The molecule has 3 heterocycles. The molecule has 0 aliphatic carbocycles. The Morgan fingerprint density at radius 2 is 2.06 bits per heavy atom. The smallest absolute Gasteiger partial charge is 0.227 e. The van der Waals surface area contributed by atoms with Crippen molar-refractivity contribution in [1.29, 1.82) is 0 Å². The number of benzene rings is 2. The van der Waals surface area contributed by atoms with Crippen LogP contribution >= 0.6 is 0 Å². The summed E-state index contributed by atoms with van der Waals surface area (Å²) in [5, 5.41) is 8.43. The predicted octanol–water partition coefficient (Wildman–Crippen LogP) is 4.57. The zero-order valence-corrected chi connectivity index (χ0v) is 19.2. The van der Waals surface area contributed by atoms with Gasteiger partial charge in [-0.25, -0.2) is 9.97 Å². The highest BCUT2D eigenvalue weighted by Gasteiger charge is 2.26. The lowest BCUT2D eigenvalue weighted by Crippen LogP contribution is -2.37. The summed E-state index contributed by atoms with van der Waals surface area (Å²) in [6, 6.07) is 16.3. The Labute approximate surface area is 193 Å². The van der Waals surface area contributed by atoms with Crippen LogP contribution in [0.15, 0.2) is 59.3 Å². The van der Waals surface area contributed by atoms with Crippen molar-refractivity contribution in [1.82, 2.24) is 20.0 Å². The Morgan fingerprint density at radius 3 is 2.91 bits per heavy atom. The van der Waals surface area contributed by atoms with Crippen LogP contribution in [-0.4, -0.2) is 60.4 Å². The molecule has 1 aliphatic rings. The summed E-state index contributed by atoms with van der Waals surface area (Å²) in [6.07, 6.45) is 4.13. The number of aromatic nitrogens is 3. The van der Waals surface area contributed by atoms with Crippen molar-refractivity contribution in [2.45, 2.75) is 18.9 Å². The van der Waals surface area contributed by atoms with E-state index in [4.69, 9.17) is 9.26 Å². The zero-order valence-electron chi connectivity index (χ0n) is 19.2. The lowest BCUT2D eigenvalue weighted by atomic mass is 10.1. The lowest BCUT2D eigenvalue weighted by molar-refractivity contribution is 0.372. The number of hydrogen-bond acceptors (Lipinski definition) is 8. The van der Waals surface area contributed by atoms with E-state index in [0.29, 0.717) is 23.4 Å². The van der Waals surface area contributed by atoms with E-state index in [9.17, 15) is 0 Å². The highest BCUT2D eigenvalue weighted by Crippen LogP contribution is 2.35. The van der Waals surface area contributed by atoms with Crippen LogP contribution in [0, 0.1) is 0 Å². The van der Waals surface area contributed by atoms with Crippen molar-refractivity contribution in [3.05, 3.63) is 54.7 Å². The first-order valence-corrected chi connectivity index (χ1v) is 11.2. The Morgan fingerprint density at radius 1 is 1.18 bits per heavy atom. The first kappa shape index (κ1) is 21.2. The zero-order chi connectivity index (χ0) is 22.8. The second kappa shape index (κ2) is 9.07. The third-order valence-corrected chi connectivity index (χ3v) is 5.99. The van der Waals surface area contributed by atoms with Gasteiger partial charge in [0.1, 0.15) is 11.4 Å². The molecule has 0 radical (unpaired) electrons. The molecule has 1 unspecified atom stereocenters. The van der Waals surface area contributed by atoms with Gasteiger partial charge in [-0.1, -0.05) is 17.3 Å². The van der Waals surface area contributed by atoms with Crippen LogP contribution in [-0.2, 0) is 0 Å². The van der Waals surface area contributed by atoms with E-state index in [2.05, 4.69) is 56.5 Å². The molecular weight excluding hydrogens is 416 g/mol. The van der Waals surface area contributed by atoms with E-state index in [0.717, 1.165) is 35.5 Å². The molecule has 0 saturated carbocycles. The molecule has 0 spiro atoms. The number of anilines is 3. The molecule has 1 saturated heterocycles. The topological polar surface area (TPSA) is 79.5 Å². The number of methoxy groups -OCH3 is 1. The lowest BCUT2D eigenvalue weighted by Gasteiger charge is -2.29. The third-order valence-electron chi connectivity index (χ3n) is 5.99. The van der Waals surface area contributed by atoms with Gasteiger partial charge in [0, 0.05) is 37.1 Å². The van der Waals surface area contributed by atoms with Gasteiger partial charge in [0.2, 0.25) is 5.95 Å². The quantitative estimate of drug-likeness (QED) is 0.444. The molecular formula is C25H28N6O2. The van der Waals surface area contributed by atoms with Crippen LogP contribution in [0.2, 0.25) is 0 Å². The molecule has 5 rings (SSSR count). The van der Waals surface area contributed by atoms with E-state index in [1.165, 1.54) is 18.5 Å². The Bertz CT molecular complexity index is 1250. The van der Waals surface area contributed by atoms with Crippen molar-refractivity contribution in [3.8, 4) is 17.1 Å². The van der Waals surface area contributed by atoms with Crippen molar-refractivity contribution in [3.63, 3.8) is 0 Å². The molecule has 4 aromatic rings. The molecule has 1 aliphatic heterocycles. The highest BCUT2D eigenvalue weighted by atomic mass is 16.5. The molecule has 1 N–H and O–H groups in total. The summed E-state index contributed by atoms with van der Waals surface area (Å²) in [5.41, 5.74) is 4.10. The maximum absolute atomic E-state index is 5.71. The van der Waals surface area contributed by atoms with Crippen molar-refractivity contribution in [2.24, 2.45) is 0 Å². The van der Waals surface area contributed by atoms with Crippen LogP contribution in [0.5, 0.6) is 5.75 Å². The summed E-state index contributed by atoms with van der Waals surface area (Å²) < 4.78 is 11.1. The number of fused-ring (bicyclic) bond motifs is 1. The molecule has 33 heavy (non-hydrogen) atoms. The van der Waals surface area contributed by atoms with E-state index in [1.54, 1.807) is 13.3 Å². The van der Waals surface area contributed by atoms with Crippen LogP contribution < -0.4 is 15.0 Å². The minimum Gasteiger partial charge on any atom is -0.494 e. The average molecular weight is 445 g/mol. The Hall–Kier alpha value is -3.65. The summed E-state index contributed by atoms with van der Waals surface area (Å²) >= 11 is 0. The Kier molecular flexibility index (Phi) is 5.83. The minimum atomic E-state index is 0.470. The van der Waals surface area contributed by atoms with Crippen LogP contribution in [0.4, 0.5) is 17.3 Å². The number of para-hydroxylation sites is 1. The first-order valence-electron chi connectivity index (χ1n) is 11.2. The SMILES string of the molecule is COc1cc(N2CCCC2CN(C)C)ccc1Nc1nccc(-c2noc3ccccc23)n1. The molecule has 0 bridgehead atoms. The number of nitrogens with one attached hydrogen (secondary N) is 1. The average Bonchev–Trinajstić information content (AvgIpc) is 3.46. The molecule has 2 aromatic heterocycles. The van der Waals surface area contributed by atoms with Crippen LogP contribution in [0.1, 0.15) is 12.8 Å². The largest absolute Gasteiger partial charge is 0.494 e. The molecule has 170 valence electrons.